The molecule has 2 aliphatic rings. The smallest absolute Gasteiger partial charge is 0.126 e. The number of ether oxygens (including phenoxy) is 1. The topological polar surface area (TPSA) is 50.3 Å². The molecule has 1 aliphatic carbocycles. The van der Waals surface area contributed by atoms with Gasteiger partial charge in [-0.2, -0.15) is 0 Å². The Kier molecular flexibility index (Phi) is 5.02. The van der Waals surface area contributed by atoms with Crippen molar-refractivity contribution in [2.45, 2.75) is 25.0 Å². The molecule has 1 aromatic carbocycles. The van der Waals surface area contributed by atoms with Gasteiger partial charge in [0.25, 0.3) is 0 Å². The number of halogens is 1. The number of benzene rings is 1. The first-order valence-electron chi connectivity index (χ1n) is 10.2. The number of fused-ring (bicyclic) bond motifs is 2. The van der Waals surface area contributed by atoms with Crippen molar-refractivity contribution in [3.05, 3.63) is 59.9 Å². The third-order valence-electron chi connectivity index (χ3n) is 6.44. The molecule has 0 spiro atoms. The van der Waals surface area contributed by atoms with Crippen LogP contribution in [-0.4, -0.2) is 42.3 Å². The first-order valence-corrected chi connectivity index (χ1v) is 10.6. The van der Waals surface area contributed by atoms with Crippen LogP contribution in [0.15, 0.2) is 54.9 Å². The van der Waals surface area contributed by atoms with Crippen LogP contribution in [0, 0.1) is 11.8 Å². The van der Waals surface area contributed by atoms with E-state index in [2.05, 4.69) is 26.3 Å². The van der Waals surface area contributed by atoms with Gasteiger partial charge in [0, 0.05) is 48.7 Å². The first-order chi connectivity index (χ1) is 14.2. The van der Waals surface area contributed by atoms with Crippen molar-refractivity contribution in [3.8, 4) is 0 Å². The second-order valence-electron chi connectivity index (χ2n) is 8.13. The van der Waals surface area contributed by atoms with Gasteiger partial charge in [0.15, 0.2) is 0 Å². The van der Waals surface area contributed by atoms with Crippen molar-refractivity contribution in [3.63, 3.8) is 0 Å². The fourth-order valence-electron chi connectivity index (χ4n) is 5.04. The predicted octanol–water partition coefficient (Wildman–Crippen LogP) is 4.63. The molecule has 0 unspecified atom stereocenters. The Morgan fingerprint density at radius 2 is 1.90 bits per heavy atom. The Labute approximate surface area is 176 Å². The second kappa shape index (κ2) is 7.81. The summed E-state index contributed by atoms with van der Waals surface area (Å²) in [6.45, 7) is 2.10. The lowest BCUT2D eigenvalue weighted by Crippen LogP contribution is -2.44. The second-order valence-corrected chi connectivity index (χ2v) is 8.56. The fourth-order valence-corrected chi connectivity index (χ4v) is 5.21. The number of pyridine rings is 2. The van der Waals surface area contributed by atoms with Crippen molar-refractivity contribution < 1.29 is 4.74 Å². The lowest BCUT2D eigenvalue weighted by atomic mass is 9.77. The normalized spacial score (nSPS) is 26.5. The van der Waals surface area contributed by atoms with Crippen LogP contribution in [0.25, 0.3) is 10.9 Å². The molecule has 1 saturated carbocycles. The largest absolute Gasteiger partial charge is 0.379 e. The van der Waals surface area contributed by atoms with Crippen LogP contribution in [0.3, 0.4) is 0 Å². The number of nitrogens with zero attached hydrogens (tertiary/aromatic N) is 3. The van der Waals surface area contributed by atoms with Crippen molar-refractivity contribution in [2.75, 3.05) is 30.4 Å². The van der Waals surface area contributed by atoms with Crippen LogP contribution < -0.4 is 10.2 Å². The van der Waals surface area contributed by atoms with Gasteiger partial charge in [-0.25, -0.2) is 4.98 Å². The Morgan fingerprint density at radius 3 is 2.69 bits per heavy atom. The maximum Gasteiger partial charge on any atom is 0.126 e. The maximum absolute atomic E-state index is 6.28. The van der Waals surface area contributed by atoms with E-state index in [1.807, 2.05) is 55.9 Å². The monoisotopic (exact) mass is 408 g/mol. The van der Waals surface area contributed by atoms with Crippen LogP contribution >= 0.6 is 11.6 Å². The molecule has 2 fully saturated rings. The van der Waals surface area contributed by atoms with Gasteiger partial charge in [0.1, 0.15) is 5.82 Å². The molecule has 150 valence electrons. The summed E-state index contributed by atoms with van der Waals surface area (Å²) >= 11 is 6.28. The van der Waals surface area contributed by atoms with Gasteiger partial charge in [0.05, 0.1) is 17.7 Å². The average Bonchev–Trinajstić information content (AvgIpc) is 3.16. The van der Waals surface area contributed by atoms with Crippen molar-refractivity contribution in [1.29, 1.82) is 0 Å². The molecule has 6 heteroatoms. The zero-order valence-electron chi connectivity index (χ0n) is 16.5. The number of methoxy groups -OCH3 is 1. The summed E-state index contributed by atoms with van der Waals surface area (Å²) in [6.07, 6.45) is 6.07. The standard InChI is InChI=1S/C23H25ClN4O/c1-29-22-11-16-14-28(21-7-9-25-19-6-5-17(24)12-18(19)21)13-15(16)10-20(22)27-23-4-2-3-8-26-23/h2-9,12,15-16,20,22H,10-11,13-14H2,1H3,(H,26,27)/t15-,16+,20-,22-/m1/s1. The lowest BCUT2D eigenvalue weighted by Gasteiger charge is -2.37. The Hall–Kier alpha value is -2.37. The highest BCUT2D eigenvalue weighted by Gasteiger charge is 2.42. The minimum Gasteiger partial charge on any atom is -0.379 e. The van der Waals surface area contributed by atoms with E-state index in [1.165, 1.54) is 5.69 Å². The van der Waals surface area contributed by atoms with Gasteiger partial charge in [-0.1, -0.05) is 17.7 Å². The minimum atomic E-state index is 0.196. The van der Waals surface area contributed by atoms with E-state index in [1.54, 1.807) is 0 Å². The van der Waals surface area contributed by atoms with Crippen LogP contribution in [0.5, 0.6) is 0 Å². The molecular formula is C23H25ClN4O. The number of hydrogen-bond acceptors (Lipinski definition) is 5. The number of anilines is 2. The summed E-state index contributed by atoms with van der Waals surface area (Å²) in [4.78, 5) is 11.4. The summed E-state index contributed by atoms with van der Waals surface area (Å²) in [5, 5.41) is 5.49. The molecule has 3 heterocycles. The molecule has 0 radical (unpaired) electrons. The molecular weight excluding hydrogens is 384 g/mol. The van der Waals surface area contributed by atoms with Gasteiger partial charge in [-0.3, -0.25) is 4.98 Å². The summed E-state index contributed by atoms with van der Waals surface area (Å²) in [5.74, 6) is 2.18. The van der Waals surface area contributed by atoms with E-state index >= 15 is 0 Å². The highest BCUT2D eigenvalue weighted by Crippen LogP contribution is 2.41. The molecule has 0 amide bonds. The SMILES string of the molecule is CO[C@@H]1C[C@H]2CN(c3ccnc4ccc(Cl)cc34)C[C@H]2C[C@H]1Nc1ccccn1. The molecule has 2 aromatic heterocycles. The van der Waals surface area contributed by atoms with Crippen LogP contribution in [0.1, 0.15) is 12.8 Å². The number of nitrogens with one attached hydrogen (secondary N) is 1. The minimum absolute atomic E-state index is 0.196. The van der Waals surface area contributed by atoms with Gasteiger partial charge >= 0.3 is 0 Å². The van der Waals surface area contributed by atoms with E-state index < -0.39 is 0 Å². The van der Waals surface area contributed by atoms with Crippen molar-refractivity contribution >= 4 is 34.0 Å². The summed E-state index contributed by atoms with van der Waals surface area (Å²) < 4.78 is 5.87. The zero-order valence-corrected chi connectivity index (χ0v) is 17.2. The average molecular weight is 409 g/mol. The quantitative estimate of drug-likeness (QED) is 0.682. The molecule has 5 nitrogen and oxygen atoms in total. The van der Waals surface area contributed by atoms with Crippen LogP contribution in [-0.2, 0) is 4.74 Å². The number of aromatic nitrogens is 2. The van der Waals surface area contributed by atoms with Crippen LogP contribution in [0.4, 0.5) is 11.5 Å². The van der Waals surface area contributed by atoms with Crippen molar-refractivity contribution in [2.24, 2.45) is 11.8 Å². The van der Waals surface area contributed by atoms with Gasteiger partial charge < -0.3 is 15.0 Å². The van der Waals surface area contributed by atoms with E-state index in [0.717, 1.165) is 47.7 Å². The zero-order chi connectivity index (χ0) is 19.8. The molecule has 1 saturated heterocycles. The van der Waals surface area contributed by atoms with Gasteiger partial charge in [-0.15, -0.1) is 0 Å². The third kappa shape index (κ3) is 3.65. The van der Waals surface area contributed by atoms with E-state index in [9.17, 15) is 0 Å². The summed E-state index contributed by atoms with van der Waals surface area (Å²) in [7, 11) is 1.82. The maximum atomic E-state index is 6.28. The first kappa shape index (κ1) is 18.6. The fraction of sp³-hybridized carbons (Fsp3) is 0.391. The van der Waals surface area contributed by atoms with Gasteiger partial charge in [-0.05, 0) is 61.1 Å². The molecule has 3 aromatic rings. The van der Waals surface area contributed by atoms with E-state index in [0.29, 0.717) is 11.8 Å². The lowest BCUT2D eigenvalue weighted by molar-refractivity contribution is 0.0305. The summed E-state index contributed by atoms with van der Waals surface area (Å²) in [5.41, 5.74) is 2.22. The predicted molar refractivity (Wildman–Crippen MR) is 118 cm³/mol. The number of hydrogen-bond donors (Lipinski definition) is 1. The highest BCUT2D eigenvalue weighted by atomic mass is 35.5. The summed E-state index contributed by atoms with van der Waals surface area (Å²) in [6, 6.07) is 14.3. The third-order valence-corrected chi connectivity index (χ3v) is 6.67. The highest BCUT2D eigenvalue weighted by molar-refractivity contribution is 6.31. The Morgan fingerprint density at radius 1 is 1.03 bits per heavy atom. The molecule has 0 bridgehead atoms. The Bertz CT molecular complexity index is 999. The molecule has 1 N–H and O–H groups in total. The molecule has 29 heavy (non-hydrogen) atoms. The van der Waals surface area contributed by atoms with E-state index in [-0.39, 0.29) is 12.1 Å². The van der Waals surface area contributed by atoms with E-state index in [4.69, 9.17) is 16.3 Å². The Balaban J connectivity index is 1.38. The van der Waals surface area contributed by atoms with Crippen LogP contribution in [0.2, 0.25) is 5.02 Å². The number of rotatable bonds is 4. The molecule has 1 aliphatic heterocycles. The van der Waals surface area contributed by atoms with Gasteiger partial charge in [0.2, 0.25) is 0 Å². The molecule has 5 rings (SSSR count). The molecule has 4 atom stereocenters. The van der Waals surface area contributed by atoms with Crippen molar-refractivity contribution in [1.82, 2.24) is 9.97 Å².